The number of thioether (sulfide) groups is 1. The van der Waals surface area contributed by atoms with E-state index in [1.807, 2.05) is 31.2 Å². The van der Waals surface area contributed by atoms with Gasteiger partial charge in [0.15, 0.2) is 0 Å². The van der Waals surface area contributed by atoms with Crippen molar-refractivity contribution in [3.8, 4) is 6.07 Å². The van der Waals surface area contributed by atoms with Gasteiger partial charge in [-0.1, -0.05) is 24.3 Å². The second-order valence-corrected chi connectivity index (χ2v) is 5.50. The minimum atomic E-state index is -0.163. The van der Waals surface area contributed by atoms with Crippen molar-refractivity contribution < 1.29 is 4.79 Å². The highest BCUT2D eigenvalue weighted by Gasteiger charge is 2.09. The number of carbonyl (C=O) groups is 1. The molecule has 2 rings (SSSR count). The Morgan fingerprint density at radius 1 is 1.29 bits per heavy atom. The minimum Gasteiger partial charge on any atom is -0.398 e. The molecular formula is C16H15N3OS. The Labute approximate surface area is 128 Å². The fraction of sp³-hybridized carbons (Fsp3) is 0.125. The molecule has 0 aliphatic rings. The average Bonchev–Trinajstić information content (AvgIpc) is 2.49. The van der Waals surface area contributed by atoms with E-state index in [0.29, 0.717) is 16.9 Å². The first-order valence-electron chi connectivity index (χ1n) is 6.38. The molecule has 106 valence electrons. The smallest absolute Gasteiger partial charge is 0.234 e. The topological polar surface area (TPSA) is 78.9 Å². The number of anilines is 2. The van der Waals surface area contributed by atoms with Gasteiger partial charge in [0.2, 0.25) is 5.91 Å². The number of hydrogen-bond acceptors (Lipinski definition) is 4. The summed E-state index contributed by atoms with van der Waals surface area (Å²) in [6.07, 6.45) is 0. The summed E-state index contributed by atoms with van der Waals surface area (Å²) in [5, 5.41) is 11.7. The molecule has 3 N–H and O–H groups in total. The monoisotopic (exact) mass is 297 g/mol. The highest BCUT2D eigenvalue weighted by atomic mass is 32.2. The number of para-hydroxylation sites is 2. The SMILES string of the molecule is Cc1cccc(SCC(=O)Nc2ccccc2C#N)c1N. The van der Waals surface area contributed by atoms with Crippen molar-refractivity contribution in [1.29, 1.82) is 5.26 Å². The zero-order chi connectivity index (χ0) is 15.2. The van der Waals surface area contributed by atoms with Crippen molar-refractivity contribution >= 4 is 29.0 Å². The number of nitrogens with two attached hydrogens (primary N) is 1. The molecule has 0 spiro atoms. The van der Waals surface area contributed by atoms with Gasteiger partial charge in [0.25, 0.3) is 0 Å². The van der Waals surface area contributed by atoms with Crippen LogP contribution in [-0.4, -0.2) is 11.7 Å². The van der Waals surface area contributed by atoms with E-state index < -0.39 is 0 Å². The summed E-state index contributed by atoms with van der Waals surface area (Å²) < 4.78 is 0. The molecule has 4 nitrogen and oxygen atoms in total. The van der Waals surface area contributed by atoms with Crippen molar-refractivity contribution in [2.45, 2.75) is 11.8 Å². The Morgan fingerprint density at radius 2 is 2.05 bits per heavy atom. The number of benzene rings is 2. The van der Waals surface area contributed by atoms with E-state index >= 15 is 0 Å². The van der Waals surface area contributed by atoms with Crippen molar-refractivity contribution in [3.63, 3.8) is 0 Å². The quantitative estimate of drug-likeness (QED) is 0.671. The molecule has 0 aromatic heterocycles. The zero-order valence-electron chi connectivity index (χ0n) is 11.6. The highest BCUT2D eigenvalue weighted by molar-refractivity contribution is 8.00. The van der Waals surface area contributed by atoms with Crippen molar-refractivity contribution in [1.82, 2.24) is 0 Å². The predicted octanol–water partition coefficient (Wildman–Crippen LogP) is 3.18. The third kappa shape index (κ3) is 3.77. The molecule has 2 aromatic rings. The van der Waals surface area contributed by atoms with Gasteiger partial charge in [-0.3, -0.25) is 4.79 Å². The molecule has 0 heterocycles. The van der Waals surface area contributed by atoms with Gasteiger partial charge < -0.3 is 11.1 Å². The standard InChI is InChI=1S/C16H15N3OS/c1-11-5-4-8-14(16(11)18)21-10-15(20)19-13-7-3-2-6-12(13)9-17/h2-8H,10,18H2,1H3,(H,19,20). The van der Waals surface area contributed by atoms with E-state index in [4.69, 9.17) is 11.0 Å². The van der Waals surface area contributed by atoms with E-state index in [9.17, 15) is 4.79 Å². The summed E-state index contributed by atoms with van der Waals surface area (Å²) in [7, 11) is 0. The first kappa shape index (κ1) is 14.9. The minimum absolute atomic E-state index is 0.163. The molecular weight excluding hydrogens is 282 g/mol. The van der Waals surface area contributed by atoms with Crippen LogP contribution < -0.4 is 11.1 Å². The van der Waals surface area contributed by atoms with Gasteiger partial charge in [0.1, 0.15) is 6.07 Å². The molecule has 0 fully saturated rings. The first-order valence-corrected chi connectivity index (χ1v) is 7.37. The number of hydrogen-bond donors (Lipinski definition) is 2. The fourth-order valence-corrected chi connectivity index (χ4v) is 2.65. The molecule has 0 saturated heterocycles. The number of nitriles is 1. The summed E-state index contributed by atoms with van der Waals surface area (Å²) in [5.74, 6) is 0.0801. The Hall–Kier alpha value is -2.45. The number of nitrogens with zero attached hydrogens (tertiary/aromatic N) is 1. The van der Waals surface area contributed by atoms with Gasteiger partial charge in [0.05, 0.1) is 17.0 Å². The molecule has 0 saturated carbocycles. The molecule has 0 bridgehead atoms. The summed E-state index contributed by atoms with van der Waals surface area (Å²) in [6, 6.07) is 14.7. The second kappa shape index (κ2) is 6.82. The highest BCUT2D eigenvalue weighted by Crippen LogP contribution is 2.27. The summed E-state index contributed by atoms with van der Waals surface area (Å²) in [4.78, 5) is 12.9. The Bertz CT molecular complexity index is 707. The Balaban J connectivity index is 2.00. The number of nitrogens with one attached hydrogen (secondary N) is 1. The molecule has 0 aliphatic heterocycles. The Kier molecular flexibility index (Phi) is 4.85. The molecule has 0 unspecified atom stereocenters. The van der Waals surface area contributed by atoms with Crippen LogP contribution in [0, 0.1) is 18.3 Å². The maximum atomic E-state index is 12.0. The lowest BCUT2D eigenvalue weighted by Crippen LogP contribution is -2.15. The van der Waals surface area contributed by atoms with Crippen molar-refractivity contribution in [2.75, 3.05) is 16.8 Å². The van der Waals surface area contributed by atoms with Gasteiger partial charge in [-0.05, 0) is 30.7 Å². The third-order valence-corrected chi connectivity index (χ3v) is 4.04. The van der Waals surface area contributed by atoms with Crippen LogP contribution in [-0.2, 0) is 4.79 Å². The second-order valence-electron chi connectivity index (χ2n) is 4.48. The average molecular weight is 297 g/mol. The molecule has 1 amide bonds. The largest absolute Gasteiger partial charge is 0.398 e. The van der Waals surface area contributed by atoms with Crippen LogP contribution in [0.25, 0.3) is 0 Å². The maximum absolute atomic E-state index is 12.0. The lowest BCUT2D eigenvalue weighted by Gasteiger charge is -2.09. The van der Waals surface area contributed by atoms with Crippen LogP contribution in [0.5, 0.6) is 0 Å². The first-order chi connectivity index (χ1) is 10.1. The van der Waals surface area contributed by atoms with Gasteiger partial charge in [-0.2, -0.15) is 5.26 Å². The summed E-state index contributed by atoms with van der Waals surface area (Å²) in [6.45, 7) is 1.93. The summed E-state index contributed by atoms with van der Waals surface area (Å²) in [5.41, 5.74) is 8.65. The van der Waals surface area contributed by atoms with Gasteiger partial charge in [-0.15, -0.1) is 11.8 Å². The van der Waals surface area contributed by atoms with Crippen LogP contribution >= 0.6 is 11.8 Å². The van der Waals surface area contributed by atoms with Crippen molar-refractivity contribution in [2.24, 2.45) is 0 Å². The van der Waals surface area contributed by atoms with Crippen LogP contribution in [0.2, 0.25) is 0 Å². The maximum Gasteiger partial charge on any atom is 0.234 e. The zero-order valence-corrected chi connectivity index (χ0v) is 12.4. The van der Waals surface area contributed by atoms with Crippen LogP contribution in [0.1, 0.15) is 11.1 Å². The normalized spacial score (nSPS) is 9.90. The van der Waals surface area contributed by atoms with Crippen LogP contribution in [0.15, 0.2) is 47.4 Å². The molecule has 0 atom stereocenters. The van der Waals surface area contributed by atoms with E-state index in [0.717, 1.165) is 10.5 Å². The van der Waals surface area contributed by atoms with Crippen LogP contribution in [0.3, 0.4) is 0 Å². The van der Waals surface area contributed by atoms with E-state index in [1.165, 1.54) is 11.8 Å². The number of aryl methyl sites for hydroxylation is 1. The van der Waals surface area contributed by atoms with E-state index in [2.05, 4.69) is 5.32 Å². The molecule has 21 heavy (non-hydrogen) atoms. The van der Waals surface area contributed by atoms with Crippen molar-refractivity contribution in [3.05, 3.63) is 53.6 Å². The number of carbonyl (C=O) groups excluding carboxylic acids is 1. The Morgan fingerprint density at radius 3 is 2.81 bits per heavy atom. The molecule has 0 aliphatic carbocycles. The molecule has 0 radical (unpaired) electrons. The van der Waals surface area contributed by atoms with Crippen LogP contribution in [0.4, 0.5) is 11.4 Å². The predicted molar refractivity (Wildman–Crippen MR) is 86.1 cm³/mol. The molecule has 2 aromatic carbocycles. The lowest BCUT2D eigenvalue weighted by atomic mass is 10.2. The summed E-state index contributed by atoms with van der Waals surface area (Å²) >= 11 is 1.38. The van der Waals surface area contributed by atoms with Gasteiger partial charge in [0, 0.05) is 10.6 Å². The number of rotatable bonds is 4. The van der Waals surface area contributed by atoms with E-state index in [-0.39, 0.29) is 11.7 Å². The van der Waals surface area contributed by atoms with E-state index in [1.54, 1.807) is 24.3 Å². The number of nitrogen functional groups attached to an aromatic ring is 1. The van der Waals surface area contributed by atoms with Gasteiger partial charge >= 0.3 is 0 Å². The van der Waals surface area contributed by atoms with Gasteiger partial charge in [-0.25, -0.2) is 0 Å². The fourth-order valence-electron chi connectivity index (χ4n) is 1.80. The third-order valence-electron chi connectivity index (χ3n) is 2.96. The number of amides is 1. The molecule has 5 heteroatoms. The lowest BCUT2D eigenvalue weighted by molar-refractivity contribution is -0.113.